The number of rotatable bonds is 3. The van der Waals surface area contributed by atoms with Gasteiger partial charge in [-0.1, -0.05) is 32.1 Å². The van der Waals surface area contributed by atoms with Crippen LogP contribution in [-0.4, -0.2) is 17.0 Å². The molecule has 2 nitrogen and oxygen atoms in total. The van der Waals surface area contributed by atoms with Gasteiger partial charge in [0.05, 0.1) is 6.10 Å². The van der Waals surface area contributed by atoms with E-state index in [1.165, 1.54) is 6.92 Å². The van der Waals surface area contributed by atoms with Crippen LogP contribution in [0, 0.1) is 0 Å². The molecular weight excluding hydrogens is 164 g/mol. The monoisotopic (exact) mass is 182 g/mol. The van der Waals surface area contributed by atoms with Crippen molar-refractivity contribution in [3.8, 4) is 0 Å². The lowest BCUT2D eigenvalue weighted by Crippen LogP contribution is -2.13. The molecule has 0 fully saturated rings. The van der Waals surface area contributed by atoms with Crippen molar-refractivity contribution in [1.29, 1.82) is 0 Å². The van der Waals surface area contributed by atoms with Crippen molar-refractivity contribution in [2.75, 3.05) is 0 Å². The number of ketones is 1. The summed E-state index contributed by atoms with van der Waals surface area (Å²) in [5.41, 5.74) is 0.945. The summed E-state index contributed by atoms with van der Waals surface area (Å²) in [6, 6.07) is 0. The molecule has 0 bridgehead atoms. The Hall–Kier alpha value is -0.890. The van der Waals surface area contributed by atoms with Gasteiger partial charge in [-0.25, -0.2) is 0 Å². The molecule has 0 radical (unpaired) electrons. The fraction of sp³-hybridized carbons (Fsp3) is 0.545. The van der Waals surface area contributed by atoms with Crippen LogP contribution in [0.25, 0.3) is 0 Å². The van der Waals surface area contributed by atoms with Crippen LogP contribution in [0.4, 0.5) is 0 Å². The van der Waals surface area contributed by atoms with E-state index in [9.17, 15) is 9.90 Å². The van der Waals surface area contributed by atoms with E-state index in [1.807, 2.05) is 32.1 Å². The zero-order valence-electron chi connectivity index (χ0n) is 8.58. The highest BCUT2D eigenvalue weighted by atomic mass is 16.3. The zero-order valence-corrected chi connectivity index (χ0v) is 8.58. The Morgan fingerprint density at radius 2 is 2.23 bits per heavy atom. The van der Waals surface area contributed by atoms with Gasteiger partial charge in [0.1, 0.15) is 5.78 Å². The molecule has 0 unspecified atom stereocenters. The molecule has 0 saturated heterocycles. The smallest absolute Gasteiger partial charge is 0.132 e. The highest BCUT2D eigenvalue weighted by Gasteiger charge is 2.12. The Bertz CT molecular complexity index is 214. The van der Waals surface area contributed by atoms with Crippen LogP contribution in [0.3, 0.4) is 0 Å². The van der Waals surface area contributed by atoms with Crippen LogP contribution in [0.2, 0.25) is 0 Å². The lowest BCUT2D eigenvalue weighted by molar-refractivity contribution is -0.118. The fourth-order valence-corrected chi connectivity index (χ4v) is 1.11. The first-order chi connectivity index (χ1) is 6.20. The highest BCUT2D eigenvalue weighted by Crippen LogP contribution is 2.16. The molecule has 0 saturated carbocycles. The molecule has 0 aromatic carbocycles. The number of hydrogen-bond donors (Lipinski definition) is 1. The molecule has 0 aliphatic heterocycles. The molecule has 1 atom stereocenters. The maximum Gasteiger partial charge on any atom is 0.132 e. The predicted octanol–water partition coefficient (Wildman–Crippen LogP) is 2.24. The van der Waals surface area contributed by atoms with Crippen LogP contribution in [0.15, 0.2) is 23.8 Å². The number of carbonyl (C=O) groups excluding carboxylic acids is 1. The molecule has 0 heterocycles. The molecule has 1 aliphatic rings. The third kappa shape index (κ3) is 4.63. The molecule has 1 rings (SSSR count). The van der Waals surface area contributed by atoms with Crippen LogP contribution in [0.5, 0.6) is 0 Å². The second kappa shape index (κ2) is 6.61. The Kier molecular flexibility index (Phi) is 6.15. The van der Waals surface area contributed by atoms with Gasteiger partial charge in [-0.3, -0.25) is 4.79 Å². The minimum Gasteiger partial charge on any atom is -0.388 e. The molecule has 0 amide bonds. The van der Waals surface area contributed by atoms with Crippen LogP contribution in [0.1, 0.15) is 33.6 Å². The summed E-state index contributed by atoms with van der Waals surface area (Å²) in [5, 5.41) is 9.39. The number of allylic oxidation sites excluding steroid dienone is 3. The summed E-state index contributed by atoms with van der Waals surface area (Å²) in [6.45, 7) is 5.49. The average Bonchev–Trinajstić information content (AvgIpc) is 2.58. The SMILES string of the molecule is CC.CC(=O)C[C@H](O)C1=CC=CC1. The Balaban J connectivity index is 0.000000671. The number of aliphatic hydroxyl groups is 1. The van der Waals surface area contributed by atoms with Crippen LogP contribution in [-0.2, 0) is 4.79 Å². The number of carbonyl (C=O) groups is 1. The lowest BCUT2D eigenvalue weighted by atomic mass is 10.0. The summed E-state index contributed by atoms with van der Waals surface area (Å²) in [6.07, 6.45) is 6.20. The largest absolute Gasteiger partial charge is 0.388 e. The molecular formula is C11H18O2. The summed E-state index contributed by atoms with van der Waals surface area (Å²) < 4.78 is 0. The van der Waals surface area contributed by atoms with Crippen molar-refractivity contribution in [3.05, 3.63) is 23.8 Å². The van der Waals surface area contributed by atoms with Crippen molar-refractivity contribution < 1.29 is 9.90 Å². The van der Waals surface area contributed by atoms with E-state index < -0.39 is 6.10 Å². The third-order valence-corrected chi connectivity index (χ3v) is 1.71. The normalized spacial score (nSPS) is 15.8. The standard InChI is InChI=1S/C9H12O2.C2H6/c1-7(10)6-9(11)8-4-2-3-5-8;1-2/h2-4,9,11H,5-6H2,1H3;1-2H3/t9-;/m0./s1. The molecule has 13 heavy (non-hydrogen) atoms. The number of aliphatic hydroxyl groups excluding tert-OH is 1. The second-order valence-electron chi connectivity index (χ2n) is 2.80. The Morgan fingerprint density at radius 3 is 2.62 bits per heavy atom. The van der Waals surface area contributed by atoms with Gasteiger partial charge in [0.15, 0.2) is 0 Å². The summed E-state index contributed by atoms with van der Waals surface area (Å²) in [5.74, 6) is 0.0327. The number of hydrogen-bond acceptors (Lipinski definition) is 2. The molecule has 0 aromatic heterocycles. The van der Waals surface area contributed by atoms with Crippen LogP contribution < -0.4 is 0 Å². The predicted molar refractivity (Wildman–Crippen MR) is 54.5 cm³/mol. The van der Waals surface area contributed by atoms with E-state index in [0.717, 1.165) is 12.0 Å². The fourth-order valence-electron chi connectivity index (χ4n) is 1.11. The minimum absolute atomic E-state index is 0.0327. The first-order valence-electron chi connectivity index (χ1n) is 4.73. The van der Waals surface area contributed by atoms with Gasteiger partial charge in [-0.2, -0.15) is 0 Å². The maximum absolute atomic E-state index is 10.6. The van der Waals surface area contributed by atoms with Crippen LogP contribution >= 0.6 is 0 Å². The summed E-state index contributed by atoms with van der Waals surface area (Å²) in [7, 11) is 0. The van der Waals surface area contributed by atoms with Gasteiger partial charge in [-0.15, -0.1) is 0 Å². The Labute approximate surface area is 80.0 Å². The van der Waals surface area contributed by atoms with E-state index in [-0.39, 0.29) is 12.2 Å². The van der Waals surface area contributed by atoms with Gasteiger partial charge in [0.2, 0.25) is 0 Å². The lowest BCUT2D eigenvalue weighted by Gasteiger charge is -2.08. The van der Waals surface area contributed by atoms with Gasteiger partial charge < -0.3 is 5.11 Å². The van der Waals surface area contributed by atoms with Gasteiger partial charge in [0, 0.05) is 6.42 Å². The minimum atomic E-state index is -0.567. The topological polar surface area (TPSA) is 37.3 Å². The highest BCUT2D eigenvalue weighted by molar-refractivity contribution is 5.76. The second-order valence-corrected chi connectivity index (χ2v) is 2.80. The first kappa shape index (κ1) is 12.1. The molecule has 1 N–H and O–H groups in total. The maximum atomic E-state index is 10.6. The quantitative estimate of drug-likeness (QED) is 0.726. The van der Waals surface area contributed by atoms with Crippen molar-refractivity contribution >= 4 is 5.78 Å². The summed E-state index contributed by atoms with van der Waals surface area (Å²) >= 11 is 0. The molecule has 0 aromatic rings. The Morgan fingerprint density at radius 1 is 1.62 bits per heavy atom. The third-order valence-electron chi connectivity index (χ3n) is 1.71. The van der Waals surface area contributed by atoms with E-state index >= 15 is 0 Å². The molecule has 0 spiro atoms. The van der Waals surface area contributed by atoms with Crippen molar-refractivity contribution in [1.82, 2.24) is 0 Å². The van der Waals surface area contributed by atoms with Crippen molar-refractivity contribution in [3.63, 3.8) is 0 Å². The molecule has 1 aliphatic carbocycles. The molecule has 2 heteroatoms. The van der Waals surface area contributed by atoms with Gasteiger partial charge >= 0.3 is 0 Å². The summed E-state index contributed by atoms with van der Waals surface area (Å²) in [4.78, 5) is 10.6. The van der Waals surface area contributed by atoms with E-state index in [1.54, 1.807) is 0 Å². The van der Waals surface area contributed by atoms with E-state index in [4.69, 9.17) is 0 Å². The van der Waals surface area contributed by atoms with Crippen molar-refractivity contribution in [2.24, 2.45) is 0 Å². The van der Waals surface area contributed by atoms with Gasteiger partial charge in [-0.05, 0) is 18.9 Å². The van der Waals surface area contributed by atoms with E-state index in [2.05, 4.69) is 0 Å². The van der Waals surface area contributed by atoms with Gasteiger partial charge in [0.25, 0.3) is 0 Å². The van der Waals surface area contributed by atoms with Crippen molar-refractivity contribution in [2.45, 2.75) is 39.7 Å². The number of Topliss-reactive ketones (excluding diaryl/α,β-unsaturated/α-hetero) is 1. The van der Waals surface area contributed by atoms with E-state index in [0.29, 0.717) is 0 Å². The first-order valence-corrected chi connectivity index (χ1v) is 4.73. The molecule has 74 valence electrons. The zero-order chi connectivity index (χ0) is 10.3. The average molecular weight is 182 g/mol.